The molecule has 1 amide bonds. The van der Waals surface area contributed by atoms with Crippen molar-refractivity contribution in [1.82, 2.24) is 0 Å². The van der Waals surface area contributed by atoms with Gasteiger partial charge in [-0.3, -0.25) is 4.79 Å². The first-order chi connectivity index (χ1) is 17.2. The molecule has 0 bridgehead atoms. The van der Waals surface area contributed by atoms with E-state index in [1.54, 1.807) is 50.2 Å². The molecule has 3 aromatic rings. The summed E-state index contributed by atoms with van der Waals surface area (Å²) in [7, 11) is 1.44. The maximum atomic E-state index is 13.2. The molecule has 0 fully saturated rings. The molecular weight excluding hydrogens is 466 g/mol. The highest BCUT2D eigenvalue weighted by Gasteiger charge is 2.41. The molecule has 3 rings (SSSR count). The van der Waals surface area contributed by atoms with Crippen LogP contribution in [0.2, 0.25) is 0 Å². The van der Waals surface area contributed by atoms with E-state index in [4.69, 9.17) is 14.2 Å². The third-order valence-corrected chi connectivity index (χ3v) is 5.09. The number of methoxy groups -OCH3 is 1. The normalized spacial score (nSPS) is 12.1. The van der Waals surface area contributed by atoms with E-state index >= 15 is 0 Å². The molecule has 0 heterocycles. The zero-order valence-electron chi connectivity index (χ0n) is 19.9. The standard InChI is InChI=1S/C27H25NO8/c1-16-7-4-9-18(13-16)26(32)35-22(24(29)28-20-11-6-12-21(15-20)34-3)23(25(30)31)36-27(33)19-10-5-8-17(2)14-19/h4-15,22-23H,1-3H3,(H,28,29)(H,30,31)/t22-,23+/m1/s1. The van der Waals surface area contributed by atoms with Crippen LogP contribution in [0.4, 0.5) is 5.69 Å². The number of esters is 2. The molecule has 0 aliphatic rings. The predicted molar refractivity (Wildman–Crippen MR) is 130 cm³/mol. The molecule has 9 nitrogen and oxygen atoms in total. The Morgan fingerprint density at radius 3 is 1.78 bits per heavy atom. The monoisotopic (exact) mass is 491 g/mol. The van der Waals surface area contributed by atoms with E-state index in [1.165, 1.54) is 43.5 Å². The third kappa shape index (κ3) is 6.69. The van der Waals surface area contributed by atoms with Gasteiger partial charge in [0.25, 0.3) is 5.91 Å². The Morgan fingerprint density at radius 1 is 0.750 bits per heavy atom. The molecule has 2 N–H and O–H groups in total. The van der Waals surface area contributed by atoms with E-state index in [9.17, 15) is 24.3 Å². The Bertz CT molecular complexity index is 1290. The number of hydrogen-bond donors (Lipinski definition) is 2. The average molecular weight is 491 g/mol. The number of aliphatic carboxylic acids is 1. The molecule has 0 radical (unpaired) electrons. The molecule has 0 aliphatic heterocycles. The number of carbonyl (C=O) groups is 4. The molecule has 9 heteroatoms. The van der Waals surface area contributed by atoms with Gasteiger partial charge in [-0.05, 0) is 50.2 Å². The van der Waals surface area contributed by atoms with E-state index in [1.807, 2.05) is 0 Å². The molecule has 186 valence electrons. The lowest BCUT2D eigenvalue weighted by atomic mass is 10.1. The second kappa shape index (κ2) is 11.7. The van der Waals surface area contributed by atoms with Crippen molar-refractivity contribution in [3.05, 3.63) is 95.1 Å². The first-order valence-corrected chi connectivity index (χ1v) is 10.9. The van der Waals surface area contributed by atoms with E-state index in [2.05, 4.69) is 5.32 Å². The molecule has 0 saturated heterocycles. The van der Waals surface area contributed by atoms with Crippen LogP contribution in [0.3, 0.4) is 0 Å². The number of rotatable bonds is 9. The first-order valence-electron chi connectivity index (χ1n) is 10.9. The Kier molecular flexibility index (Phi) is 8.40. The van der Waals surface area contributed by atoms with E-state index < -0.39 is 36.0 Å². The lowest BCUT2D eigenvalue weighted by Crippen LogP contribution is -2.48. The number of aryl methyl sites for hydroxylation is 2. The van der Waals surface area contributed by atoms with Crippen LogP contribution >= 0.6 is 0 Å². The lowest BCUT2D eigenvalue weighted by molar-refractivity contribution is -0.157. The maximum absolute atomic E-state index is 13.2. The number of carboxylic acid groups (broad SMARTS) is 1. The molecular formula is C27H25NO8. The zero-order chi connectivity index (χ0) is 26.2. The molecule has 36 heavy (non-hydrogen) atoms. The quantitative estimate of drug-likeness (QED) is 0.433. The Morgan fingerprint density at radius 2 is 1.28 bits per heavy atom. The van der Waals surface area contributed by atoms with Gasteiger partial charge in [0.15, 0.2) is 0 Å². The van der Waals surface area contributed by atoms with E-state index in [0.717, 1.165) is 11.1 Å². The van der Waals surface area contributed by atoms with Crippen LogP contribution in [0, 0.1) is 13.8 Å². The Labute approximate surface area is 207 Å². The van der Waals surface area contributed by atoms with Gasteiger partial charge in [0.2, 0.25) is 12.2 Å². The molecule has 0 saturated carbocycles. The van der Waals surface area contributed by atoms with Crippen LogP contribution in [0.15, 0.2) is 72.8 Å². The van der Waals surface area contributed by atoms with Gasteiger partial charge in [-0.15, -0.1) is 0 Å². The molecule has 0 aromatic heterocycles. The number of nitrogens with one attached hydrogen (secondary N) is 1. The van der Waals surface area contributed by atoms with Gasteiger partial charge in [0.05, 0.1) is 18.2 Å². The van der Waals surface area contributed by atoms with Gasteiger partial charge in [0, 0.05) is 11.8 Å². The largest absolute Gasteiger partial charge is 0.497 e. The molecule has 3 aromatic carbocycles. The van der Waals surface area contributed by atoms with Gasteiger partial charge < -0.3 is 24.6 Å². The van der Waals surface area contributed by atoms with Crippen molar-refractivity contribution in [3.8, 4) is 5.75 Å². The zero-order valence-corrected chi connectivity index (χ0v) is 19.9. The third-order valence-electron chi connectivity index (χ3n) is 5.09. The highest BCUT2D eigenvalue weighted by atomic mass is 16.6. The molecule has 0 aliphatic carbocycles. The summed E-state index contributed by atoms with van der Waals surface area (Å²) in [5.74, 6) is -4.19. The minimum atomic E-state index is -2.13. The summed E-state index contributed by atoms with van der Waals surface area (Å²) >= 11 is 0. The van der Waals surface area contributed by atoms with Crippen molar-refractivity contribution in [3.63, 3.8) is 0 Å². The fourth-order valence-electron chi connectivity index (χ4n) is 3.32. The van der Waals surface area contributed by atoms with Crippen molar-refractivity contribution in [2.24, 2.45) is 0 Å². The van der Waals surface area contributed by atoms with Gasteiger partial charge in [-0.1, -0.05) is 41.5 Å². The van der Waals surface area contributed by atoms with Crippen molar-refractivity contribution < 1.29 is 38.5 Å². The summed E-state index contributed by atoms with van der Waals surface area (Å²) in [5.41, 5.74) is 1.93. The predicted octanol–water partition coefficient (Wildman–Crippen LogP) is 3.79. The van der Waals surface area contributed by atoms with Crippen LogP contribution in [0.1, 0.15) is 31.8 Å². The summed E-state index contributed by atoms with van der Waals surface area (Å²) in [6, 6.07) is 18.9. The SMILES string of the molecule is COc1cccc(NC(=O)[C@H](OC(=O)c2cccc(C)c2)[C@H](OC(=O)c2cccc(C)c2)C(=O)O)c1. The highest BCUT2D eigenvalue weighted by Crippen LogP contribution is 2.20. The van der Waals surface area contributed by atoms with E-state index in [-0.39, 0.29) is 16.8 Å². The summed E-state index contributed by atoms with van der Waals surface area (Å²) in [6.07, 6.45) is -4.13. The van der Waals surface area contributed by atoms with E-state index in [0.29, 0.717) is 5.75 Å². The fourth-order valence-corrected chi connectivity index (χ4v) is 3.32. The summed E-state index contributed by atoms with van der Waals surface area (Å²) in [5, 5.41) is 12.3. The highest BCUT2D eigenvalue weighted by molar-refractivity contribution is 6.01. The van der Waals surface area contributed by atoms with Gasteiger partial charge in [0.1, 0.15) is 5.75 Å². The van der Waals surface area contributed by atoms with Crippen molar-refractivity contribution in [2.45, 2.75) is 26.1 Å². The first kappa shape index (κ1) is 26.0. The minimum Gasteiger partial charge on any atom is -0.497 e. The number of amides is 1. The second-order valence-corrected chi connectivity index (χ2v) is 7.95. The number of benzene rings is 3. The molecule has 0 unspecified atom stereocenters. The number of hydrogen-bond acceptors (Lipinski definition) is 7. The van der Waals surface area contributed by atoms with Crippen LogP contribution in [0.25, 0.3) is 0 Å². The minimum absolute atomic E-state index is 0.0817. The van der Waals surface area contributed by atoms with Crippen molar-refractivity contribution in [1.29, 1.82) is 0 Å². The number of carboxylic acids is 1. The smallest absolute Gasteiger partial charge is 0.349 e. The Hall–Kier alpha value is -4.66. The van der Waals surface area contributed by atoms with Crippen LogP contribution < -0.4 is 10.1 Å². The van der Waals surface area contributed by atoms with Gasteiger partial charge in [-0.25, -0.2) is 14.4 Å². The lowest BCUT2D eigenvalue weighted by Gasteiger charge is -2.23. The fraction of sp³-hybridized carbons (Fsp3) is 0.185. The number of anilines is 1. The number of carbonyl (C=O) groups excluding carboxylic acids is 3. The molecule has 2 atom stereocenters. The van der Waals surface area contributed by atoms with Crippen LogP contribution in [-0.2, 0) is 19.1 Å². The summed E-state index contributed by atoms with van der Waals surface area (Å²) in [6.45, 7) is 3.51. The maximum Gasteiger partial charge on any atom is 0.349 e. The summed E-state index contributed by atoms with van der Waals surface area (Å²) in [4.78, 5) is 50.9. The van der Waals surface area contributed by atoms with Crippen LogP contribution in [-0.4, -0.2) is 48.2 Å². The van der Waals surface area contributed by atoms with Crippen molar-refractivity contribution >= 4 is 29.5 Å². The van der Waals surface area contributed by atoms with Crippen LogP contribution in [0.5, 0.6) is 5.75 Å². The van der Waals surface area contributed by atoms with Gasteiger partial charge in [-0.2, -0.15) is 0 Å². The topological polar surface area (TPSA) is 128 Å². The number of ether oxygens (including phenoxy) is 3. The van der Waals surface area contributed by atoms with Gasteiger partial charge >= 0.3 is 17.9 Å². The second-order valence-electron chi connectivity index (χ2n) is 7.95. The Balaban J connectivity index is 1.93. The van der Waals surface area contributed by atoms with Crippen molar-refractivity contribution in [2.75, 3.05) is 12.4 Å². The summed E-state index contributed by atoms with van der Waals surface area (Å²) < 4.78 is 15.6. The molecule has 0 spiro atoms. The average Bonchev–Trinajstić information content (AvgIpc) is 2.85.